The van der Waals surface area contributed by atoms with Crippen LogP contribution in [0.15, 0.2) is 58.3 Å². The van der Waals surface area contributed by atoms with Crippen LogP contribution in [0.4, 0.5) is 17.6 Å². The molecular weight excluding hydrogens is 510 g/mol. The second-order valence-corrected chi connectivity index (χ2v) is 8.08. The van der Waals surface area contributed by atoms with E-state index in [2.05, 4.69) is 5.10 Å². The molecule has 0 aliphatic rings. The second kappa shape index (κ2) is 9.47. The highest BCUT2D eigenvalue weighted by Gasteiger charge is 2.32. The molecule has 0 aliphatic heterocycles. The molecule has 0 saturated carbocycles. The Bertz CT molecular complexity index is 1760. The normalized spacial score (nSPS) is 11.4. The molecule has 4 aromatic rings. The number of aromatic nitrogens is 4. The Hall–Kier alpha value is -4.99. The van der Waals surface area contributed by atoms with E-state index in [1.165, 1.54) is 26.0 Å². The number of carbonyl (C=O) groups is 1. The van der Waals surface area contributed by atoms with Crippen LogP contribution in [0.3, 0.4) is 0 Å². The zero-order valence-corrected chi connectivity index (χ0v) is 19.7. The molecule has 0 amide bonds. The SMILES string of the molecule is CCn1c(=O)c(-c2c(C(=O)O)cnn2-c2ccc(C#N)cc2F)c(C)n(-c2cccc(C(F)(F)F)c2)c1=O. The van der Waals surface area contributed by atoms with Crippen molar-refractivity contribution < 1.29 is 27.5 Å². The lowest BCUT2D eigenvalue weighted by molar-refractivity contribution is -0.137. The number of carboxylic acids is 1. The summed E-state index contributed by atoms with van der Waals surface area (Å²) in [4.78, 5) is 38.8. The van der Waals surface area contributed by atoms with Crippen LogP contribution in [-0.2, 0) is 12.7 Å². The Balaban J connectivity index is 2.14. The number of hydrogen-bond donors (Lipinski definition) is 1. The predicted octanol–water partition coefficient (Wildman–Crippen LogP) is 3.91. The van der Waals surface area contributed by atoms with Gasteiger partial charge in [0.05, 0.1) is 40.3 Å². The molecule has 0 saturated heterocycles. The molecular formula is C25H17F4N5O4. The first kappa shape index (κ1) is 26.1. The van der Waals surface area contributed by atoms with Gasteiger partial charge in [-0.25, -0.2) is 18.7 Å². The standard InChI is InChI=1S/C25H17F4N5O4/c1-3-32-22(35)20(13(2)33(24(32)38)16-6-4-5-15(10-16)25(27,28)29)21-17(23(36)37)12-31-34(21)19-8-7-14(11-30)9-18(19)26/h4-10,12H,3H2,1-2H3,(H,36,37). The van der Waals surface area contributed by atoms with Crippen LogP contribution in [0.1, 0.15) is 34.1 Å². The van der Waals surface area contributed by atoms with Crippen molar-refractivity contribution in [2.24, 2.45) is 0 Å². The van der Waals surface area contributed by atoms with E-state index >= 15 is 0 Å². The van der Waals surface area contributed by atoms with E-state index in [9.17, 15) is 37.1 Å². The Morgan fingerprint density at radius 3 is 2.45 bits per heavy atom. The van der Waals surface area contributed by atoms with Crippen molar-refractivity contribution in [3.8, 4) is 28.7 Å². The van der Waals surface area contributed by atoms with Gasteiger partial charge in [-0.15, -0.1) is 0 Å². The third-order valence-corrected chi connectivity index (χ3v) is 5.87. The summed E-state index contributed by atoms with van der Waals surface area (Å²) >= 11 is 0. The number of aromatic carboxylic acids is 1. The van der Waals surface area contributed by atoms with Gasteiger partial charge in [0.2, 0.25) is 0 Å². The molecule has 1 N–H and O–H groups in total. The lowest BCUT2D eigenvalue weighted by Crippen LogP contribution is -2.41. The van der Waals surface area contributed by atoms with Crippen LogP contribution in [0.5, 0.6) is 0 Å². The molecule has 0 radical (unpaired) electrons. The first-order chi connectivity index (χ1) is 17.9. The lowest BCUT2D eigenvalue weighted by Gasteiger charge is -2.19. The molecule has 0 unspecified atom stereocenters. The van der Waals surface area contributed by atoms with Gasteiger partial charge in [0.15, 0.2) is 0 Å². The average Bonchev–Trinajstić information content (AvgIpc) is 3.28. The van der Waals surface area contributed by atoms with E-state index in [0.29, 0.717) is 0 Å². The maximum absolute atomic E-state index is 14.9. The Morgan fingerprint density at radius 1 is 1.16 bits per heavy atom. The molecule has 0 atom stereocenters. The van der Waals surface area contributed by atoms with Crippen molar-refractivity contribution in [3.05, 3.63) is 97.7 Å². The Labute approximate surface area is 211 Å². The lowest BCUT2D eigenvalue weighted by atomic mass is 10.1. The minimum absolute atomic E-state index is 0.0268. The summed E-state index contributed by atoms with van der Waals surface area (Å²) < 4.78 is 57.5. The minimum atomic E-state index is -4.72. The van der Waals surface area contributed by atoms with E-state index in [1.54, 1.807) is 6.07 Å². The third kappa shape index (κ3) is 4.26. The first-order valence-corrected chi connectivity index (χ1v) is 11.0. The highest BCUT2D eigenvalue weighted by Crippen LogP contribution is 2.32. The smallest absolute Gasteiger partial charge is 0.416 e. The van der Waals surface area contributed by atoms with Crippen LogP contribution in [0.25, 0.3) is 22.6 Å². The molecule has 2 aromatic heterocycles. The van der Waals surface area contributed by atoms with Gasteiger partial charge >= 0.3 is 17.8 Å². The number of rotatable bonds is 5. The molecule has 194 valence electrons. The molecule has 9 nitrogen and oxygen atoms in total. The maximum atomic E-state index is 14.9. The summed E-state index contributed by atoms with van der Waals surface area (Å²) in [7, 11) is 0. The second-order valence-electron chi connectivity index (χ2n) is 8.08. The van der Waals surface area contributed by atoms with Gasteiger partial charge in [-0.1, -0.05) is 6.07 Å². The van der Waals surface area contributed by atoms with Gasteiger partial charge < -0.3 is 5.11 Å². The van der Waals surface area contributed by atoms with Gasteiger partial charge in [-0.05, 0) is 50.2 Å². The molecule has 2 aromatic carbocycles. The monoisotopic (exact) mass is 527 g/mol. The van der Waals surface area contributed by atoms with E-state index < -0.39 is 46.0 Å². The fraction of sp³-hybridized carbons (Fsp3) is 0.160. The summed E-state index contributed by atoms with van der Waals surface area (Å²) in [6, 6.07) is 8.92. The molecule has 0 bridgehead atoms. The van der Waals surface area contributed by atoms with Gasteiger partial charge in [-0.3, -0.25) is 13.9 Å². The van der Waals surface area contributed by atoms with Crippen molar-refractivity contribution >= 4 is 5.97 Å². The van der Waals surface area contributed by atoms with Gasteiger partial charge in [0.25, 0.3) is 5.56 Å². The van der Waals surface area contributed by atoms with Gasteiger partial charge in [0, 0.05) is 12.2 Å². The fourth-order valence-corrected chi connectivity index (χ4v) is 4.11. The largest absolute Gasteiger partial charge is 0.478 e. The number of hydrogen-bond acceptors (Lipinski definition) is 5. The number of nitrogens with zero attached hydrogens (tertiary/aromatic N) is 5. The van der Waals surface area contributed by atoms with E-state index in [1.807, 2.05) is 0 Å². The topological polar surface area (TPSA) is 123 Å². The van der Waals surface area contributed by atoms with Crippen molar-refractivity contribution in [1.82, 2.24) is 18.9 Å². The van der Waals surface area contributed by atoms with E-state index in [4.69, 9.17) is 5.26 Å². The quantitative estimate of drug-likeness (QED) is 0.393. The van der Waals surface area contributed by atoms with Crippen LogP contribution in [-0.4, -0.2) is 30.0 Å². The van der Waals surface area contributed by atoms with Crippen molar-refractivity contribution in [2.45, 2.75) is 26.6 Å². The summed E-state index contributed by atoms with van der Waals surface area (Å²) in [5.74, 6) is -2.48. The maximum Gasteiger partial charge on any atom is 0.416 e. The summed E-state index contributed by atoms with van der Waals surface area (Å²) in [5, 5.41) is 22.8. The number of carboxylic acid groups (broad SMARTS) is 1. The van der Waals surface area contributed by atoms with Crippen LogP contribution < -0.4 is 11.2 Å². The van der Waals surface area contributed by atoms with Crippen molar-refractivity contribution in [3.63, 3.8) is 0 Å². The van der Waals surface area contributed by atoms with Crippen LogP contribution >= 0.6 is 0 Å². The molecule has 0 fully saturated rings. The van der Waals surface area contributed by atoms with Gasteiger partial charge in [0.1, 0.15) is 17.1 Å². The highest BCUT2D eigenvalue weighted by atomic mass is 19.4. The van der Waals surface area contributed by atoms with Crippen LogP contribution in [0, 0.1) is 24.1 Å². The van der Waals surface area contributed by atoms with Crippen molar-refractivity contribution in [1.29, 1.82) is 5.26 Å². The van der Waals surface area contributed by atoms with E-state index in [-0.39, 0.29) is 34.7 Å². The van der Waals surface area contributed by atoms with Crippen molar-refractivity contribution in [2.75, 3.05) is 0 Å². The summed E-state index contributed by atoms with van der Waals surface area (Å²) in [6.45, 7) is 2.51. The zero-order valence-electron chi connectivity index (χ0n) is 19.7. The molecule has 0 aliphatic carbocycles. The predicted molar refractivity (Wildman–Crippen MR) is 126 cm³/mol. The first-order valence-electron chi connectivity index (χ1n) is 11.0. The number of alkyl halides is 3. The molecule has 38 heavy (non-hydrogen) atoms. The summed E-state index contributed by atoms with van der Waals surface area (Å²) in [5.41, 5.74) is -5.00. The highest BCUT2D eigenvalue weighted by molar-refractivity contribution is 5.95. The van der Waals surface area contributed by atoms with Crippen LogP contribution in [0.2, 0.25) is 0 Å². The fourth-order valence-electron chi connectivity index (χ4n) is 4.11. The molecule has 2 heterocycles. The number of halogens is 4. The minimum Gasteiger partial charge on any atom is -0.478 e. The Morgan fingerprint density at radius 2 is 1.87 bits per heavy atom. The number of nitriles is 1. The number of benzene rings is 2. The molecule has 0 spiro atoms. The average molecular weight is 527 g/mol. The zero-order chi connectivity index (χ0) is 27.9. The molecule has 4 rings (SSSR count). The third-order valence-electron chi connectivity index (χ3n) is 5.87. The van der Waals surface area contributed by atoms with Gasteiger partial charge in [-0.2, -0.15) is 23.5 Å². The Kier molecular flexibility index (Phi) is 6.50. The molecule has 13 heteroatoms. The summed E-state index contributed by atoms with van der Waals surface area (Å²) in [6.07, 6.45) is -3.85. The van der Waals surface area contributed by atoms with E-state index in [0.717, 1.165) is 50.3 Å².